The Balaban J connectivity index is 1.57. The topological polar surface area (TPSA) is 116 Å². The van der Waals surface area contributed by atoms with Gasteiger partial charge in [0.1, 0.15) is 11.4 Å². The third kappa shape index (κ3) is 3.57. The number of halogens is 1. The monoisotopic (exact) mass is 461 g/mol. The van der Waals surface area contributed by atoms with Crippen LogP contribution < -0.4 is 17.0 Å². The third-order valence-corrected chi connectivity index (χ3v) is 5.91. The van der Waals surface area contributed by atoms with Crippen molar-refractivity contribution in [2.45, 2.75) is 24.0 Å². The average molecular weight is 462 g/mol. The highest BCUT2D eigenvalue weighted by molar-refractivity contribution is 9.10. The number of Topliss-reactive ketones (excluding diaryl/α,β-unsaturated/α-hetero) is 1. The molecule has 0 atom stereocenters. The minimum Gasteiger partial charge on any atom is -0.384 e. The lowest BCUT2D eigenvalue weighted by molar-refractivity contribution is 0.102. The van der Waals surface area contributed by atoms with Crippen molar-refractivity contribution < 1.29 is 4.79 Å². The number of nitrogens with two attached hydrogens (primary N) is 1. The number of aromatic nitrogens is 4. The highest BCUT2D eigenvalue weighted by Gasteiger charge is 2.30. The van der Waals surface area contributed by atoms with Crippen molar-refractivity contribution >= 4 is 39.3 Å². The molecular formula is C18H16BrN5O3S. The van der Waals surface area contributed by atoms with E-state index in [0.717, 1.165) is 23.0 Å². The number of aromatic amines is 1. The number of carbonyl (C=O) groups excluding carboxylic acids is 1. The Kier molecular flexibility index (Phi) is 4.98. The van der Waals surface area contributed by atoms with E-state index >= 15 is 0 Å². The fourth-order valence-electron chi connectivity index (χ4n) is 2.93. The molecule has 0 amide bonds. The second-order valence-electron chi connectivity index (χ2n) is 6.39. The summed E-state index contributed by atoms with van der Waals surface area (Å²) in [5.41, 5.74) is 5.41. The molecule has 0 radical (unpaired) electrons. The van der Waals surface area contributed by atoms with Gasteiger partial charge in [-0.3, -0.25) is 23.7 Å². The summed E-state index contributed by atoms with van der Waals surface area (Å²) in [6, 6.07) is 7.63. The number of thioether (sulfide) groups is 1. The molecule has 3 N–H and O–H groups in total. The molecule has 0 saturated heterocycles. The van der Waals surface area contributed by atoms with Crippen molar-refractivity contribution in [1.82, 2.24) is 19.1 Å². The van der Waals surface area contributed by atoms with Crippen LogP contribution in [0.4, 0.5) is 5.82 Å². The quantitative estimate of drug-likeness (QED) is 0.429. The van der Waals surface area contributed by atoms with E-state index in [4.69, 9.17) is 5.73 Å². The molecule has 10 heteroatoms. The Morgan fingerprint density at radius 2 is 2.00 bits per heavy atom. The average Bonchev–Trinajstić information content (AvgIpc) is 3.36. The SMILES string of the molecule is Nc1c(C(=O)CSc2nccn2-c2ccc(Br)cc2)c(=O)[nH]c(=O)n1C1CC1. The lowest BCUT2D eigenvalue weighted by Crippen LogP contribution is -2.36. The first-order valence-corrected chi connectivity index (χ1v) is 10.3. The van der Waals surface area contributed by atoms with Crippen molar-refractivity contribution in [3.8, 4) is 5.69 Å². The molecule has 8 nitrogen and oxygen atoms in total. The van der Waals surface area contributed by atoms with Gasteiger partial charge in [-0.05, 0) is 37.1 Å². The van der Waals surface area contributed by atoms with E-state index in [9.17, 15) is 14.4 Å². The Morgan fingerprint density at radius 3 is 2.68 bits per heavy atom. The molecule has 1 aliphatic carbocycles. The second kappa shape index (κ2) is 7.44. The van der Waals surface area contributed by atoms with Gasteiger partial charge in [-0.1, -0.05) is 27.7 Å². The number of benzene rings is 1. The molecule has 1 saturated carbocycles. The van der Waals surface area contributed by atoms with Crippen LogP contribution in [0.1, 0.15) is 29.2 Å². The smallest absolute Gasteiger partial charge is 0.330 e. The second-order valence-corrected chi connectivity index (χ2v) is 8.25. The van der Waals surface area contributed by atoms with Gasteiger partial charge < -0.3 is 5.73 Å². The van der Waals surface area contributed by atoms with Crippen LogP contribution in [0.3, 0.4) is 0 Å². The number of nitrogen functional groups attached to an aromatic ring is 1. The van der Waals surface area contributed by atoms with E-state index < -0.39 is 17.0 Å². The van der Waals surface area contributed by atoms with E-state index in [0.29, 0.717) is 5.16 Å². The minimum atomic E-state index is -0.749. The first-order chi connectivity index (χ1) is 13.5. The Labute approximate surface area is 171 Å². The van der Waals surface area contributed by atoms with Gasteiger partial charge >= 0.3 is 5.69 Å². The van der Waals surface area contributed by atoms with Crippen molar-refractivity contribution in [3.05, 3.63) is 67.5 Å². The molecule has 0 unspecified atom stereocenters. The number of anilines is 1. The molecule has 1 aliphatic rings. The zero-order chi connectivity index (χ0) is 19.8. The van der Waals surface area contributed by atoms with E-state index in [1.54, 1.807) is 12.4 Å². The first kappa shape index (κ1) is 18.8. The summed E-state index contributed by atoms with van der Waals surface area (Å²) >= 11 is 4.60. The maximum absolute atomic E-state index is 12.7. The molecule has 28 heavy (non-hydrogen) atoms. The number of ketones is 1. The van der Waals surface area contributed by atoms with Crippen LogP contribution in [0.2, 0.25) is 0 Å². The zero-order valence-electron chi connectivity index (χ0n) is 14.6. The fraction of sp³-hybridized carbons (Fsp3) is 0.222. The van der Waals surface area contributed by atoms with Crippen molar-refractivity contribution in [3.63, 3.8) is 0 Å². The maximum atomic E-state index is 12.7. The molecular weight excluding hydrogens is 446 g/mol. The van der Waals surface area contributed by atoms with Crippen molar-refractivity contribution in [2.75, 3.05) is 11.5 Å². The standard InChI is InChI=1S/C18H16BrN5O3S/c19-10-1-3-11(4-2-10)23-8-7-21-18(23)28-9-13(25)14-15(20)24(12-5-6-12)17(27)22-16(14)26/h1-4,7-8,12H,5-6,9,20H2,(H,22,26,27). The van der Waals surface area contributed by atoms with Crippen LogP contribution >= 0.6 is 27.7 Å². The summed E-state index contributed by atoms with van der Waals surface area (Å²) in [5, 5.41) is 0.612. The minimum absolute atomic E-state index is 0.0241. The van der Waals surface area contributed by atoms with Gasteiger partial charge in [0.2, 0.25) is 0 Å². The van der Waals surface area contributed by atoms with Crippen LogP contribution in [0.5, 0.6) is 0 Å². The molecule has 3 aromatic rings. The highest BCUT2D eigenvalue weighted by Crippen LogP contribution is 2.35. The number of rotatable bonds is 6. The lowest BCUT2D eigenvalue weighted by atomic mass is 10.2. The van der Waals surface area contributed by atoms with Gasteiger partial charge in [-0.25, -0.2) is 9.78 Å². The summed E-state index contributed by atoms with van der Waals surface area (Å²) in [6.07, 6.45) is 5.06. The largest absolute Gasteiger partial charge is 0.384 e. The molecule has 1 aromatic carbocycles. The number of hydrogen-bond acceptors (Lipinski definition) is 6. The van der Waals surface area contributed by atoms with Gasteiger partial charge in [-0.2, -0.15) is 0 Å². The van der Waals surface area contributed by atoms with E-state index in [2.05, 4.69) is 25.9 Å². The molecule has 0 bridgehead atoms. The van der Waals surface area contributed by atoms with Crippen LogP contribution in [-0.4, -0.2) is 30.6 Å². The first-order valence-electron chi connectivity index (χ1n) is 8.55. The molecule has 0 aliphatic heterocycles. The normalized spacial score (nSPS) is 13.6. The summed E-state index contributed by atoms with van der Waals surface area (Å²) in [4.78, 5) is 43.3. The van der Waals surface area contributed by atoms with Gasteiger partial charge in [0.25, 0.3) is 5.56 Å². The van der Waals surface area contributed by atoms with Gasteiger partial charge in [0.15, 0.2) is 10.9 Å². The molecule has 2 aromatic heterocycles. The summed E-state index contributed by atoms with van der Waals surface area (Å²) in [6.45, 7) is 0. The molecule has 144 valence electrons. The van der Waals surface area contributed by atoms with Crippen LogP contribution in [0, 0.1) is 0 Å². The number of nitrogens with zero attached hydrogens (tertiary/aromatic N) is 3. The number of H-pyrrole nitrogens is 1. The molecule has 0 spiro atoms. The summed E-state index contributed by atoms with van der Waals surface area (Å²) < 4.78 is 4.12. The number of imidazole rings is 1. The molecule has 4 rings (SSSR count). The molecule has 1 fully saturated rings. The number of carbonyl (C=O) groups is 1. The lowest BCUT2D eigenvalue weighted by Gasteiger charge is -2.11. The van der Waals surface area contributed by atoms with E-state index in [1.165, 1.54) is 16.3 Å². The summed E-state index contributed by atoms with van der Waals surface area (Å²) in [5.74, 6) is -0.523. The number of hydrogen-bond donors (Lipinski definition) is 2. The van der Waals surface area contributed by atoms with Crippen LogP contribution in [0.15, 0.2) is 55.9 Å². The predicted octanol–water partition coefficient (Wildman–Crippen LogP) is 2.38. The highest BCUT2D eigenvalue weighted by atomic mass is 79.9. The Morgan fingerprint density at radius 1 is 1.29 bits per heavy atom. The Bertz CT molecular complexity index is 1160. The predicted molar refractivity (Wildman–Crippen MR) is 110 cm³/mol. The fourth-order valence-corrected chi connectivity index (χ4v) is 4.04. The van der Waals surface area contributed by atoms with Crippen molar-refractivity contribution in [2.24, 2.45) is 0 Å². The van der Waals surface area contributed by atoms with Gasteiger partial charge in [-0.15, -0.1) is 0 Å². The van der Waals surface area contributed by atoms with E-state index in [1.807, 2.05) is 28.8 Å². The third-order valence-electron chi connectivity index (χ3n) is 4.42. The van der Waals surface area contributed by atoms with Gasteiger partial charge in [0, 0.05) is 28.6 Å². The van der Waals surface area contributed by atoms with Crippen molar-refractivity contribution in [1.29, 1.82) is 0 Å². The Hall–Kier alpha value is -2.59. The summed E-state index contributed by atoms with van der Waals surface area (Å²) in [7, 11) is 0. The number of nitrogens with one attached hydrogen (secondary N) is 1. The van der Waals surface area contributed by atoms with E-state index in [-0.39, 0.29) is 23.2 Å². The van der Waals surface area contributed by atoms with Crippen LogP contribution in [-0.2, 0) is 0 Å². The maximum Gasteiger partial charge on any atom is 0.330 e. The molecule has 2 heterocycles. The van der Waals surface area contributed by atoms with Crippen LogP contribution in [0.25, 0.3) is 5.69 Å². The van der Waals surface area contributed by atoms with Gasteiger partial charge in [0.05, 0.1) is 5.75 Å². The zero-order valence-corrected chi connectivity index (χ0v) is 17.0.